The number of carbonyl (C=O) groups excluding carboxylic acids is 1. The normalized spacial score (nSPS) is 16.5. The largest absolute Gasteiger partial charge is 0.375 e. The molecule has 0 radical (unpaired) electrons. The van der Waals surface area contributed by atoms with Gasteiger partial charge < -0.3 is 14.6 Å². The van der Waals surface area contributed by atoms with E-state index in [0.717, 1.165) is 47.9 Å². The van der Waals surface area contributed by atoms with Crippen LogP contribution in [-0.2, 0) is 9.53 Å². The zero-order valence-electron chi connectivity index (χ0n) is 21.8. The van der Waals surface area contributed by atoms with Gasteiger partial charge in [-0.3, -0.25) is 9.52 Å². The van der Waals surface area contributed by atoms with Crippen LogP contribution in [-0.4, -0.2) is 51.6 Å². The van der Waals surface area contributed by atoms with Crippen molar-refractivity contribution in [2.75, 3.05) is 18.0 Å². The van der Waals surface area contributed by atoms with Crippen molar-refractivity contribution in [2.24, 2.45) is 0 Å². The van der Waals surface area contributed by atoms with Gasteiger partial charge in [0.25, 0.3) is 0 Å². The number of amides is 1. The summed E-state index contributed by atoms with van der Waals surface area (Å²) in [4.78, 5) is 28.5. The van der Waals surface area contributed by atoms with Gasteiger partial charge in [-0.2, -0.15) is 0 Å². The number of pyridine rings is 2. The number of benzene rings is 1. The monoisotopic (exact) mass is 548 g/mol. The van der Waals surface area contributed by atoms with Gasteiger partial charge in [-0.1, -0.05) is 25.3 Å². The van der Waals surface area contributed by atoms with Crippen LogP contribution in [0.2, 0.25) is 0 Å². The average Bonchev–Trinajstić information content (AvgIpc) is 3.41. The second-order valence-electron chi connectivity index (χ2n) is 9.74. The number of H-pyrrole nitrogens is 1. The van der Waals surface area contributed by atoms with Gasteiger partial charge in [-0.25, -0.2) is 19.3 Å². The SMILES string of the molecule is Fc1ccc2nc(-c3ccc(N4CCC(OC5CCCCC5)CC4)nc3)[nH]c2c1.O=CNSc1ccccn1. The second-order valence-corrected chi connectivity index (χ2v) is 10.6. The quantitative estimate of drug-likeness (QED) is 0.219. The van der Waals surface area contributed by atoms with Crippen molar-refractivity contribution in [1.29, 1.82) is 0 Å². The maximum Gasteiger partial charge on any atom is 0.217 e. The van der Waals surface area contributed by atoms with Gasteiger partial charge in [0.2, 0.25) is 6.41 Å². The minimum absolute atomic E-state index is 0.267. The van der Waals surface area contributed by atoms with Crippen molar-refractivity contribution in [3.8, 4) is 11.4 Å². The van der Waals surface area contributed by atoms with Crippen molar-refractivity contribution in [1.82, 2.24) is 24.7 Å². The summed E-state index contributed by atoms with van der Waals surface area (Å²) in [6.45, 7) is 1.96. The van der Waals surface area contributed by atoms with Crippen LogP contribution >= 0.6 is 11.9 Å². The van der Waals surface area contributed by atoms with E-state index in [9.17, 15) is 9.18 Å². The van der Waals surface area contributed by atoms with Crippen molar-refractivity contribution < 1.29 is 13.9 Å². The Morgan fingerprint density at radius 3 is 2.54 bits per heavy atom. The number of aromatic amines is 1. The van der Waals surface area contributed by atoms with Crippen molar-refractivity contribution in [2.45, 2.75) is 62.2 Å². The smallest absolute Gasteiger partial charge is 0.217 e. The summed E-state index contributed by atoms with van der Waals surface area (Å²) in [5.74, 6) is 1.44. The first kappa shape index (κ1) is 27.1. The summed E-state index contributed by atoms with van der Waals surface area (Å²) in [5, 5.41) is 0.787. The molecular formula is C29H33FN6O2S. The molecule has 39 heavy (non-hydrogen) atoms. The molecule has 1 saturated carbocycles. The molecule has 0 spiro atoms. The predicted molar refractivity (Wildman–Crippen MR) is 152 cm³/mol. The van der Waals surface area contributed by atoms with Crippen LogP contribution < -0.4 is 9.62 Å². The lowest BCUT2D eigenvalue weighted by Gasteiger charge is -2.35. The molecule has 2 fully saturated rings. The molecule has 3 aromatic heterocycles. The number of piperidine rings is 1. The number of ether oxygens (including phenoxy) is 1. The summed E-state index contributed by atoms with van der Waals surface area (Å²) >= 11 is 1.19. The van der Waals surface area contributed by atoms with E-state index in [1.54, 1.807) is 12.3 Å². The zero-order valence-corrected chi connectivity index (χ0v) is 22.6. The highest BCUT2D eigenvalue weighted by Gasteiger charge is 2.24. The molecule has 1 aliphatic carbocycles. The first-order valence-electron chi connectivity index (χ1n) is 13.5. The fraction of sp³-hybridized carbons (Fsp3) is 0.379. The highest BCUT2D eigenvalue weighted by atomic mass is 32.2. The molecule has 1 saturated heterocycles. The summed E-state index contributed by atoms with van der Waals surface area (Å²) in [7, 11) is 0. The second kappa shape index (κ2) is 13.5. The van der Waals surface area contributed by atoms with E-state index < -0.39 is 0 Å². The van der Waals surface area contributed by atoms with Gasteiger partial charge in [0.1, 0.15) is 22.5 Å². The number of fused-ring (bicyclic) bond motifs is 1. The lowest BCUT2D eigenvalue weighted by atomic mass is 9.97. The Kier molecular flexibility index (Phi) is 9.39. The first-order valence-corrected chi connectivity index (χ1v) is 14.3. The maximum atomic E-state index is 13.4. The van der Waals surface area contributed by atoms with E-state index in [0.29, 0.717) is 30.0 Å². The molecule has 1 amide bonds. The van der Waals surface area contributed by atoms with Gasteiger partial charge in [-0.05, 0) is 68.1 Å². The molecule has 2 aliphatic rings. The number of halogens is 1. The van der Waals surface area contributed by atoms with Gasteiger partial charge in [0, 0.05) is 43.0 Å². The molecule has 2 N–H and O–H groups in total. The Labute approximate surface area is 231 Å². The Morgan fingerprint density at radius 2 is 1.82 bits per heavy atom. The van der Waals surface area contributed by atoms with E-state index >= 15 is 0 Å². The highest BCUT2D eigenvalue weighted by Crippen LogP contribution is 2.27. The number of nitrogens with one attached hydrogen (secondary N) is 2. The molecule has 1 aromatic carbocycles. The number of aromatic nitrogens is 4. The van der Waals surface area contributed by atoms with Gasteiger partial charge in [0.15, 0.2) is 0 Å². The molecule has 0 atom stereocenters. The number of imidazole rings is 1. The molecule has 4 heterocycles. The number of hydrogen-bond donors (Lipinski definition) is 2. The maximum absolute atomic E-state index is 13.4. The third-order valence-electron chi connectivity index (χ3n) is 7.02. The van der Waals surface area contributed by atoms with Crippen molar-refractivity contribution in [3.05, 3.63) is 66.7 Å². The van der Waals surface area contributed by atoms with Crippen LogP contribution in [0.5, 0.6) is 0 Å². The van der Waals surface area contributed by atoms with E-state index in [1.165, 1.54) is 56.2 Å². The van der Waals surface area contributed by atoms with E-state index in [2.05, 4.69) is 29.6 Å². The van der Waals surface area contributed by atoms with Crippen LogP contribution in [0.15, 0.2) is 66.0 Å². The molecule has 4 aromatic rings. The fourth-order valence-electron chi connectivity index (χ4n) is 5.02. The molecular weight excluding hydrogens is 515 g/mol. The molecule has 0 bridgehead atoms. The molecule has 1 aliphatic heterocycles. The van der Waals surface area contributed by atoms with E-state index in [-0.39, 0.29) is 5.82 Å². The Hall–Kier alpha value is -3.50. The lowest BCUT2D eigenvalue weighted by molar-refractivity contribution is -0.107. The molecule has 0 unspecified atom stereocenters. The Bertz CT molecular complexity index is 1320. The van der Waals surface area contributed by atoms with Gasteiger partial charge in [0.05, 0.1) is 23.2 Å². The Balaban J connectivity index is 0.000000261. The van der Waals surface area contributed by atoms with Crippen molar-refractivity contribution >= 4 is 35.2 Å². The number of nitrogens with zero attached hydrogens (tertiary/aromatic N) is 4. The standard InChI is InChI=1S/C23H27FN4O.C6H6N2OS/c24-17-7-8-20-21(14-17)27-23(26-20)16-6-9-22(25-15-16)28-12-10-19(11-13-28)29-18-4-2-1-3-5-18;9-5-8-10-6-3-1-2-4-7-6/h6-9,14-15,18-19H,1-5,10-13H2,(H,26,27);1-5H,(H,8,9). The topological polar surface area (TPSA) is 96.0 Å². The lowest BCUT2D eigenvalue weighted by Crippen LogP contribution is -2.39. The van der Waals surface area contributed by atoms with Gasteiger partial charge in [-0.15, -0.1) is 0 Å². The average molecular weight is 549 g/mol. The number of rotatable bonds is 7. The first-order chi connectivity index (χ1) is 19.2. The van der Waals surface area contributed by atoms with Crippen LogP contribution in [0.25, 0.3) is 22.4 Å². The third-order valence-corrected chi connectivity index (χ3v) is 7.68. The van der Waals surface area contributed by atoms with Crippen molar-refractivity contribution in [3.63, 3.8) is 0 Å². The Morgan fingerprint density at radius 1 is 1.00 bits per heavy atom. The molecule has 204 valence electrons. The van der Waals surface area contributed by atoms with E-state index in [1.807, 2.05) is 36.5 Å². The summed E-state index contributed by atoms with van der Waals surface area (Å²) in [6, 6.07) is 14.2. The number of carbonyl (C=O) groups is 1. The van der Waals surface area contributed by atoms with Crippen LogP contribution in [0.4, 0.5) is 10.2 Å². The number of anilines is 1. The third kappa shape index (κ3) is 7.54. The summed E-state index contributed by atoms with van der Waals surface area (Å²) in [5.41, 5.74) is 2.36. The summed E-state index contributed by atoms with van der Waals surface area (Å²) in [6.07, 6.45) is 13.6. The summed E-state index contributed by atoms with van der Waals surface area (Å²) < 4.78 is 22.2. The molecule has 6 rings (SSSR count). The minimum Gasteiger partial charge on any atom is -0.375 e. The number of hydrogen-bond acceptors (Lipinski definition) is 7. The molecule has 10 heteroatoms. The minimum atomic E-state index is -0.267. The van der Waals surface area contributed by atoms with E-state index in [4.69, 9.17) is 4.74 Å². The zero-order chi connectivity index (χ0) is 26.9. The fourth-order valence-corrected chi connectivity index (χ4v) is 5.45. The van der Waals surface area contributed by atoms with Crippen LogP contribution in [0, 0.1) is 5.82 Å². The van der Waals surface area contributed by atoms with Crippen LogP contribution in [0.3, 0.4) is 0 Å². The predicted octanol–water partition coefficient (Wildman–Crippen LogP) is 5.92. The molecule has 8 nitrogen and oxygen atoms in total. The highest BCUT2D eigenvalue weighted by molar-refractivity contribution is 7.97. The van der Waals surface area contributed by atoms with Crippen LogP contribution in [0.1, 0.15) is 44.9 Å². The van der Waals surface area contributed by atoms with Gasteiger partial charge >= 0.3 is 0 Å².